The fourth-order valence-corrected chi connectivity index (χ4v) is 3.01. The minimum atomic E-state index is -0.377. The molecule has 0 saturated carbocycles. The maximum absolute atomic E-state index is 11.6. The number of carbonyl (C=O) groups is 2. The van der Waals surface area contributed by atoms with Crippen molar-refractivity contribution in [3.05, 3.63) is 0 Å². The van der Waals surface area contributed by atoms with Crippen molar-refractivity contribution in [2.24, 2.45) is 0 Å². The molecule has 0 N–H and O–H groups in total. The first-order chi connectivity index (χ1) is 13.7. The van der Waals surface area contributed by atoms with Gasteiger partial charge in [0.25, 0.3) is 0 Å². The predicted octanol–water partition coefficient (Wildman–Crippen LogP) is 5.98. The van der Waals surface area contributed by atoms with Crippen LogP contribution in [0.2, 0.25) is 0 Å². The van der Waals surface area contributed by atoms with Crippen LogP contribution in [0.5, 0.6) is 0 Å². The molecular formula is C23H44O5. The molecule has 166 valence electrons. The van der Waals surface area contributed by atoms with Crippen molar-refractivity contribution in [3.63, 3.8) is 0 Å². The van der Waals surface area contributed by atoms with E-state index < -0.39 is 0 Å². The van der Waals surface area contributed by atoms with E-state index in [0.717, 1.165) is 12.8 Å². The van der Waals surface area contributed by atoms with Crippen molar-refractivity contribution in [1.29, 1.82) is 0 Å². The summed E-state index contributed by atoms with van der Waals surface area (Å²) in [6.45, 7) is 5.83. The average molecular weight is 401 g/mol. The second kappa shape index (κ2) is 22.2. The van der Waals surface area contributed by atoms with Crippen molar-refractivity contribution in [2.45, 2.75) is 110 Å². The molecule has 0 unspecified atom stereocenters. The first kappa shape index (κ1) is 26.9. The summed E-state index contributed by atoms with van der Waals surface area (Å²) in [5.74, 6) is -0.696. The number of ether oxygens (including phenoxy) is 3. The summed E-state index contributed by atoms with van der Waals surface area (Å²) in [5.41, 5.74) is 0. The maximum Gasteiger partial charge on any atom is 0.306 e. The fourth-order valence-electron chi connectivity index (χ4n) is 3.01. The van der Waals surface area contributed by atoms with Crippen molar-refractivity contribution < 1.29 is 23.8 Å². The van der Waals surface area contributed by atoms with E-state index in [0.29, 0.717) is 19.8 Å². The molecule has 0 fully saturated rings. The van der Waals surface area contributed by atoms with Gasteiger partial charge < -0.3 is 14.2 Å². The third-order valence-corrected chi connectivity index (χ3v) is 4.74. The van der Waals surface area contributed by atoms with Gasteiger partial charge in [0.15, 0.2) is 0 Å². The van der Waals surface area contributed by atoms with Gasteiger partial charge in [0.1, 0.15) is 6.61 Å². The Kier molecular flexibility index (Phi) is 21.3. The van der Waals surface area contributed by atoms with E-state index in [1.165, 1.54) is 70.6 Å². The Morgan fingerprint density at radius 3 is 1.43 bits per heavy atom. The number of esters is 2. The van der Waals surface area contributed by atoms with E-state index in [2.05, 4.69) is 6.92 Å². The van der Waals surface area contributed by atoms with Crippen molar-refractivity contribution in [2.75, 3.05) is 26.4 Å². The van der Waals surface area contributed by atoms with Crippen molar-refractivity contribution in [3.8, 4) is 0 Å². The molecule has 0 aromatic heterocycles. The van der Waals surface area contributed by atoms with Crippen LogP contribution < -0.4 is 0 Å². The molecule has 0 atom stereocenters. The van der Waals surface area contributed by atoms with Crippen LogP contribution in [-0.2, 0) is 23.8 Å². The molecule has 0 aliphatic heterocycles. The van der Waals surface area contributed by atoms with E-state index in [4.69, 9.17) is 14.2 Å². The SMILES string of the molecule is CCCCCCCCCCCCCCCOC(=O)CCC(=O)OCCOCC. The molecule has 0 rings (SSSR count). The molecule has 0 heterocycles. The van der Waals surface area contributed by atoms with Gasteiger partial charge in [-0.2, -0.15) is 0 Å². The Bertz CT molecular complexity index is 357. The van der Waals surface area contributed by atoms with E-state index in [1.54, 1.807) is 0 Å². The van der Waals surface area contributed by atoms with Gasteiger partial charge in [0.05, 0.1) is 26.1 Å². The summed E-state index contributed by atoms with van der Waals surface area (Å²) < 4.78 is 15.2. The van der Waals surface area contributed by atoms with Gasteiger partial charge in [0, 0.05) is 6.61 Å². The Labute approximate surface area is 172 Å². The van der Waals surface area contributed by atoms with E-state index >= 15 is 0 Å². The molecule has 28 heavy (non-hydrogen) atoms. The summed E-state index contributed by atoms with van der Waals surface area (Å²) >= 11 is 0. The highest BCUT2D eigenvalue weighted by atomic mass is 16.6. The van der Waals surface area contributed by atoms with Gasteiger partial charge >= 0.3 is 11.9 Å². The standard InChI is InChI=1S/C23H44O5/c1-3-5-6-7-8-9-10-11-12-13-14-15-16-19-27-22(24)17-18-23(25)28-21-20-26-4-2/h3-21H2,1-2H3. The van der Waals surface area contributed by atoms with Gasteiger partial charge in [0.2, 0.25) is 0 Å². The molecule has 0 bridgehead atoms. The van der Waals surface area contributed by atoms with Crippen LogP contribution in [0.15, 0.2) is 0 Å². The smallest absolute Gasteiger partial charge is 0.306 e. The largest absolute Gasteiger partial charge is 0.466 e. The molecular weight excluding hydrogens is 356 g/mol. The van der Waals surface area contributed by atoms with Crippen molar-refractivity contribution >= 4 is 11.9 Å². The normalized spacial score (nSPS) is 10.8. The maximum atomic E-state index is 11.6. The lowest BCUT2D eigenvalue weighted by Crippen LogP contribution is -2.13. The highest BCUT2D eigenvalue weighted by Gasteiger charge is 2.08. The van der Waals surface area contributed by atoms with Crippen LogP contribution in [0.25, 0.3) is 0 Å². The molecule has 0 spiro atoms. The quantitative estimate of drug-likeness (QED) is 0.175. The lowest BCUT2D eigenvalue weighted by Gasteiger charge is -2.06. The van der Waals surface area contributed by atoms with Crippen LogP contribution in [-0.4, -0.2) is 38.4 Å². The second-order valence-electron chi connectivity index (χ2n) is 7.38. The summed E-state index contributed by atoms with van der Waals surface area (Å²) in [6, 6.07) is 0. The molecule has 0 aliphatic rings. The zero-order chi connectivity index (χ0) is 20.7. The zero-order valence-electron chi connectivity index (χ0n) is 18.5. The van der Waals surface area contributed by atoms with Gasteiger partial charge in [-0.05, 0) is 13.3 Å². The van der Waals surface area contributed by atoms with Crippen molar-refractivity contribution in [1.82, 2.24) is 0 Å². The van der Waals surface area contributed by atoms with Crippen LogP contribution in [0, 0.1) is 0 Å². The molecule has 0 aromatic rings. The number of hydrogen-bond donors (Lipinski definition) is 0. The minimum absolute atomic E-state index is 0.0730. The third-order valence-electron chi connectivity index (χ3n) is 4.74. The molecule has 0 aliphatic carbocycles. The summed E-state index contributed by atoms with van der Waals surface area (Å²) in [6.07, 6.45) is 17.0. The zero-order valence-corrected chi connectivity index (χ0v) is 18.5. The van der Waals surface area contributed by atoms with Gasteiger partial charge in [-0.15, -0.1) is 0 Å². The second-order valence-corrected chi connectivity index (χ2v) is 7.38. The van der Waals surface area contributed by atoms with Gasteiger partial charge in [-0.1, -0.05) is 84.0 Å². The monoisotopic (exact) mass is 400 g/mol. The Balaban J connectivity index is 3.25. The number of unbranched alkanes of at least 4 members (excludes halogenated alkanes) is 12. The molecule has 0 aromatic carbocycles. The summed E-state index contributed by atoms with van der Waals surface area (Å²) in [7, 11) is 0. The predicted molar refractivity (Wildman–Crippen MR) is 113 cm³/mol. The summed E-state index contributed by atoms with van der Waals surface area (Å²) in [4.78, 5) is 23.0. The molecule has 5 heteroatoms. The first-order valence-electron chi connectivity index (χ1n) is 11.6. The van der Waals surface area contributed by atoms with Crippen LogP contribution in [0.3, 0.4) is 0 Å². The van der Waals surface area contributed by atoms with E-state index in [-0.39, 0.29) is 31.4 Å². The number of rotatable bonds is 21. The van der Waals surface area contributed by atoms with Crippen LogP contribution in [0.1, 0.15) is 110 Å². The summed E-state index contributed by atoms with van der Waals surface area (Å²) in [5, 5.41) is 0. The lowest BCUT2D eigenvalue weighted by molar-refractivity contribution is -0.151. The fraction of sp³-hybridized carbons (Fsp3) is 0.913. The molecule has 0 saturated heterocycles. The Hall–Kier alpha value is -1.10. The van der Waals surface area contributed by atoms with E-state index in [9.17, 15) is 9.59 Å². The Morgan fingerprint density at radius 1 is 0.536 bits per heavy atom. The lowest BCUT2D eigenvalue weighted by atomic mass is 10.0. The molecule has 0 radical (unpaired) electrons. The van der Waals surface area contributed by atoms with Crippen LogP contribution >= 0.6 is 0 Å². The molecule has 5 nitrogen and oxygen atoms in total. The Morgan fingerprint density at radius 2 is 0.964 bits per heavy atom. The van der Waals surface area contributed by atoms with Crippen LogP contribution in [0.4, 0.5) is 0 Å². The molecule has 0 amide bonds. The topological polar surface area (TPSA) is 61.8 Å². The number of carbonyl (C=O) groups excluding carboxylic acids is 2. The minimum Gasteiger partial charge on any atom is -0.466 e. The van der Waals surface area contributed by atoms with Gasteiger partial charge in [-0.25, -0.2) is 0 Å². The number of hydrogen-bond acceptors (Lipinski definition) is 5. The third kappa shape index (κ3) is 21.2. The highest BCUT2D eigenvalue weighted by molar-refractivity contribution is 5.77. The van der Waals surface area contributed by atoms with E-state index in [1.807, 2.05) is 6.92 Å². The average Bonchev–Trinajstić information content (AvgIpc) is 2.70. The highest BCUT2D eigenvalue weighted by Crippen LogP contribution is 2.12. The first-order valence-corrected chi connectivity index (χ1v) is 11.6. The van der Waals surface area contributed by atoms with Gasteiger partial charge in [-0.3, -0.25) is 9.59 Å².